The molecule has 1 aromatic heterocycles. The molecule has 1 aliphatic rings. The molecule has 1 fully saturated rings. The van der Waals surface area contributed by atoms with Gasteiger partial charge < -0.3 is 9.47 Å². The van der Waals surface area contributed by atoms with Gasteiger partial charge in [0.15, 0.2) is 11.5 Å². The Labute approximate surface area is 118 Å². The third-order valence-corrected chi connectivity index (χ3v) is 4.26. The zero-order valence-electron chi connectivity index (χ0n) is 11.8. The van der Waals surface area contributed by atoms with E-state index in [9.17, 15) is 0 Å². The molecule has 106 valence electrons. The van der Waals surface area contributed by atoms with Crippen molar-refractivity contribution in [3.8, 4) is 11.5 Å². The molecule has 0 bridgehead atoms. The monoisotopic (exact) mass is 273 g/mol. The fourth-order valence-electron chi connectivity index (χ4n) is 3.21. The lowest BCUT2D eigenvalue weighted by atomic mass is 9.78. The van der Waals surface area contributed by atoms with Crippen LogP contribution < -0.4 is 9.47 Å². The molecule has 5 heteroatoms. The van der Waals surface area contributed by atoms with Gasteiger partial charge in [0.2, 0.25) is 0 Å². The van der Waals surface area contributed by atoms with Crippen LogP contribution >= 0.6 is 0 Å². The van der Waals surface area contributed by atoms with Crippen molar-refractivity contribution in [2.75, 3.05) is 14.2 Å². The fraction of sp³-hybridized carbons (Fsp3) is 0.467. The Hall–Kier alpha value is -2.04. The van der Waals surface area contributed by atoms with Gasteiger partial charge in [0, 0.05) is 0 Å². The maximum Gasteiger partial charge on any atom is 0.161 e. The second kappa shape index (κ2) is 5.15. The summed E-state index contributed by atoms with van der Waals surface area (Å²) in [6, 6.07) is 6.13. The molecule has 1 aliphatic carbocycles. The second-order valence-electron chi connectivity index (χ2n) is 5.19. The normalized spacial score (nSPS) is 17.1. The summed E-state index contributed by atoms with van der Waals surface area (Å²) in [4.78, 5) is 4.41. The molecule has 20 heavy (non-hydrogen) atoms. The predicted molar refractivity (Wildman–Crippen MR) is 75.2 cm³/mol. The number of ether oxygens (including phenoxy) is 2. The number of nitrogens with one attached hydrogen (secondary N) is 1. The SMILES string of the molecule is COc1ccc(C2(c3ncn[nH]3)CCCC2)cc1OC. The van der Waals surface area contributed by atoms with E-state index in [0.717, 1.165) is 30.2 Å². The number of aromatic nitrogens is 3. The van der Waals surface area contributed by atoms with Crippen LogP contribution in [0.3, 0.4) is 0 Å². The van der Waals surface area contributed by atoms with E-state index < -0.39 is 0 Å². The number of rotatable bonds is 4. The summed E-state index contributed by atoms with van der Waals surface area (Å²) in [6.07, 6.45) is 6.15. The van der Waals surface area contributed by atoms with Crippen molar-refractivity contribution in [2.24, 2.45) is 0 Å². The van der Waals surface area contributed by atoms with Gasteiger partial charge in [0.1, 0.15) is 12.2 Å². The van der Waals surface area contributed by atoms with Crippen LogP contribution in [0, 0.1) is 0 Å². The lowest BCUT2D eigenvalue weighted by molar-refractivity contribution is 0.353. The molecule has 1 aromatic carbocycles. The molecule has 0 spiro atoms. The first-order valence-electron chi connectivity index (χ1n) is 6.88. The van der Waals surface area contributed by atoms with E-state index in [2.05, 4.69) is 27.3 Å². The molecular formula is C15H19N3O2. The van der Waals surface area contributed by atoms with Gasteiger partial charge in [0.25, 0.3) is 0 Å². The standard InChI is InChI=1S/C15H19N3O2/c1-19-12-6-5-11(9-13(12)20-2)15(7-3-4-8-15)14-16-10-17-18-14/h5-6,9-10H,3-4,7-8H2,1-2H3,(H,16,17,18). The van der Waals surface area contributed by atoms with E-state index in [-0.39, 0.29) is 5.41 Å². The van der Waals surface area contributed by atoms with Crippen molar-refractivity contribution in [3.63, 3.8) is 0 Å². The summed E-state index contributed by atoms with van der Waals surface area (Å²) >= 11 is 0. The second-order valence-corrected chi connectivity index (χ2v) is 5.19. The van der Waals surface area contributed by atoms with Crippen molar-refractivity contribution in [1.82, 2.24) is 15.2 Å². The molecule has 0 unspecified atom stereocenters. The number of hydrogen-bond acceptors (Lipinski definition) is 4. The van der Waals surface area contributed by atoms with Crippen LogP contribution in [0.1, 0.15) is 37.1 Å². The number of hydrogen-bond donors (Lipinski definition) is 1. The lowest BCUT2D eigenvalue weighted by Crippen LogP contribution is -2.25. The van der Waals surface area contributed by atoms with E-state index >= 15 is 0 Å². The molecule has 5 nitrogen and oxygen atoms in total. The van der Waals surface area contributed by atoms with Crippen LogP contribution in [-0.2, 0) is 5.41 Å². The number of nitrogens with zero attached hydrogens (tertiary/aromatic N) is 2. The van der Waals surface area contributed by atoms with Gasteiger partial charge in [-0.2, -0.15) is 5.10 Å². The molecule has 3 rings (SSSR count). The Morgan fingerprint density at radius 3 is 2.45 bits per heavy atom. The highest BCUT2D eigenvalue weighted by Crippen LogP contribution is 2.46. The largest absolute Gasteiger partial charge is 0.493 e. The van der Waals surface area contributed by atoms with Crippen LogP contribution in [0.5, 0.6) is 11.5 Å². The minimum Gasteiger partial charge on any atom is -0.493 e. The quantitative estimate of drug-likeness (QED) is 0.930. The molecule has 0 amide bonds. The number of methoxy groups -OCH3 is 2. The highest BCUT2D eigenvalue weighted by atomic mass is 16.5. The summed E-state index contributed by atoms with van der Waals surface area (Å²) < 4.78 is 10.7. The fourth-order valence-corrected chi connectivity index (χ4v) is 3.21. The van der Waals surface area contributed by atoms with Gasteiger partial charge in [-0.3, -0.25) is 5.10 Å². The van der Waals surface area contributed by atoms with Crippen molar-refractivity contribution < 1.29 is 9.47 Å². The molecule has 1 saturated carbocycles. The Morgan fingerprint density at radius 1 is 1.10 bits per heavy atom. The van der Waals surface area contributed by atoms with E-state index in [1.165, 1.54) is 18.4 Å². The van der Waals surface area contributed by atoms with Gasteiger partial charge in [0.05, 0.1) is 19.6 Å². The van der Waals surface area contributed by atoms with Crippen molar-refractivity contribution >= 4 is 0 Å². The number of benzene rings is 1. The van der Waals surface area contributed by atoms with Crippen LogP contribution in [0.15, 0.2) is 24.5 Å². The minimum atomic E-state index is -0.0734. The summed E-state index contributed by atoms with van der Waals surface area (Å²) in [6.45, 7) is 0. The average Bonchev–Trinajstić information content (AvgIpc) is 3.17. The van der Waals surface area contributed by atoms with Gasteiger partial charge in [-0.05, 0) is 30.5 Å². The molecule has 0 radical (unpaired) electrons. The Bertz CT molecular complexity index is 575. The van der Waals surface area contributed by atoms with Gasteiger partial charge in [-0.1, -0.05) is 18.9 Å². The first-order valence-corrected chi connectivity index (χ1v) is 6.88. The summed E-state index contributed by atoms with van der Waals surface area (Å²) in [5.74, 6) is 2.46. The third kappa shape index (κ3) is 1.94. The van der Waals surface area contributed by atoms with Gasteiger partial charge in [-0.15, -0.1) is 0 Å². The Balaban J connectivity index is 2.09. The smallest absolute Gasteiger partial charge is 0.161 e. The van der Waals surface area contributed by atoms with Crippen molar-refractivity contribution in [3.05, 3.63) is 35.9 Å². The molecular weight excluding hydrogens is 254 g/mol. The Kier molecular flexibility index (Phi) is 3.34. The molecule has 0 saturated heterocycles. The first kappa shape index (κ1) is 13.0. The minimum absolute atomic E-state index is 0.0734. The first-order chi connectivity index (χ1) is 9.80. The summed E-state index contributed by atoms with van der Waals surface area (Å²) in [5, 5.41) is 7.07. The summed E-state index contributed by atoms with van der Waals surface area (Å²) in [7, 11) is 3.32. The molecule has 1 N–H and O–H groups in total. The molecule has 1 heterocycles. The highest BCUT2D eigenvalue weighted by Gasteiger charge is 2.40. The van der Waals surface area contributed by atoms with Crippen LogP contribution in [-0.4, -0.2) is 29.4 Å². The summed E-state index contributed by atoms with van der Waals surface area (Å²) in [5.41, 5.74) is 1.14. The van der Waals surface area contributed by atoms with Crippen molar-refractivity contribution in [1.29, 1.82) is 0 Å². The average molecular weight is 273 g/mol. The van der Waals surface area contributed by atoms with Crippen LogP contribution in [0.4, 0.5) is 0 Å². The van der Waals surface area contributed by atoms with E-state index in [1.807, 2.05) is 6.07 Å². The van der Waals surface area contributed by atoms with Crippen molar-refractivity contribution in [2.45, 2.75) is 31.1 Å². The van der Waals surface area contributed by atoms with E-state index in [0.29, 0.717) is 0 Å². The third-order valence-electron chi connectivity index (χ3n) is 4.26. The molecule has 0 aliphatic heterocycles. The van der Waals surface area contributed by atoms with Crippen LogP contribution in [0.2, 0.25) is 0 Å². The zero-order valence-corrected chi connectivity index (χ0v) is 11.8. The maximum absolute atomic E-state index is 5.43. The molecule has 2 aromatic rings. The van der Waals surface area contributed by atoms with Gasteiger partial charge in [-0.25, -0.2) is 4.98 Å². The topological polar surface area (TPSA) is 60.0 Å². The van der Waals surface area contributed by atoms with E-state index in [4.69, 9.17) is 9.47 Å². The number of H-pyrrole nitrogens is 1. The van der Waals surface area contributed by atoms with E-state index in [1.54, 1.807) is 20.5 Å². The Morgan fingerprint density at radius 2 is 1.85 bits per heavy atom. The molecule has 0 atom stereocenters. The van der Waals surface area contributed by atoms with Crippen LogP contribution in [0.25, 0.3) is 0 Å². The zero-order chi connectivity index (χ0) is 14.0. The van der Waals surface area contributed by atoms with Gasteiger partial charge >= 0.3 is 0 Å². The predicted octanol–water partition coefficient (Wildman–Crippen LogP) is 2.68. The lowest BCUT2D eigenvalue weighted by Gasteiger charge is -2.27. The highest BCUT2D eigenvalue weighted by molar-refractivity contribution is 5.47. The maximum atomic E-state index is 5.43. The number of aromatic amines is 1.